The van der Waals surface area contributed by atoms with E-state index in [1.165, 1.54) is 12.1 Å². The molecule has 0 aliphatic rings. The third kappa shape index (κ3) is 3.68. The summed E-state index contributed by atoms with van der Waals surface area (Å²) >= 11 is 3.31. The maximum absolute atomic E-state index is 11.9. The first-order valence-electron chi connectivity index (χ1n) is 5.92. The minimum absolute atomic E-state index is 0.0280. The zero-order chi connectivity index (χ0) is 14.5. The summed E-state index contributed by atoms with van der Waals surface area (Å²) in [6, 6.07) is 13.4. The van der Waals surface area contributed by atoms with Crippen molar-refractivity contribution in [2.75, 3.05) is 11.9 Å². The van der Waals surface area contributed by atoms with Gasteiger partial charge in [0.25, 0.3) is 0 Å². The number of hydrogen-bond acceptors (Lipinski definition) is 3. The number of rotatable bonds is 5. The molecule has 0 radical (unpaired) electrons. The SMILES string of the molecule is O=C(O)c1ccc(NCC(=O)c2ccc(Br)cc2)cc1. The molecule has 2 N–H and O–H groups in total. The molecule has 0 fully saturated rings. The number of benzene rings is 2. The summed E-state index contributed by atoms with van der Waals surface area (Å²) in [4.78, 5) is 22.6. The van der Waals surface area contributed by atoms with Crippen LogP contribution in [0.5, 0.6) is 0 Å². The monoisotopic (exact) mass is 333 g/mol. The van der Waals surface area contributed by atoms with E-state index in [9.17, 15) is 9.59 Å². The number of anilines is 1. The van der Waals surface area contributed by atoms with Crippen molar-refractivity contribution in [1.82, 2.24) is 0 Å². The Morgan fingerprint density at radius 2 is 1.50 bits per heavy atom. The molecule has 2 rings (SSSR count). The van der Waals surface area contributed by atoms with Crippen LogP contribution in [-0.2, 0) is 0 Å². The van der Waals surface area contributed by atoms with Gasteiger partial charge < -0.3 is 10.4 Å². The predicted molar refractivity (Wildman–Crippen MR) is 80.4 cm³/mol. The van der Waals surface area contributed by atoms with E-state index in [0.717, 1.165) is 4.47 Å². The molecule has 20 heavy (non-hydrogen) atoms. The summed E-state index contributed by atoms with van der Waals surface area (Å²) in [6.07, 6.45) is 0. The van der Waals surface area contributed by atoms with Crippen LogP contribution in [-0.4, -0.2) is 23.4 Å². The fourth-order valence-corrected chi connectivity index (χ4v) is 1.92. The second kappa shape index (κ2) is 6.34. The van der Waals surface area contributed by atoms with Crippen LogP contribution < -0.4 is 5.32 Å². The van der Waals surface area contributed by atoms with Crippen LogP contribution in [0.1, 0.15) is 20.7 Å². The largest absolute Gasteiger partial charge is 0.478 e. The molecule has 2 aromatic carbocycles. The Morgan fingerprint density at radius 1 is 0.950 bits per heavy atom. The highest BCUT2D eigenvalue weighted by Gasteiger charge is 2.06. The number of carbonyl (C=O) groups is 2. The third-order valence-corrected chi connectivity index (χ3v) is 3.28. The molecule has 102 valence electrons. The van der Waals surface area contributed by atoms with E-state index in [1.54, 1.807) is 24.3 Å². The Balaban J connectivity index is 1.96. The van der Waals surface area contributed by atoms with Crippen LogP contribution in [0, 0.1) is 0 Å². The molecule has 0 atom stereocenters. The molecule has 0 aliphatic carbocycles. The average Bonchev–Trinajstić information content (AvgIpc) is 2.46. The minimum atomic E-state index is -0.970. The van der Waals surface area contributed by atoms with E-state index >= 15 is 0 Å². The number of carboxylic acids is 1. The van der Waals surface area contributed by atoms with Gasteiger partial charge in [-0.15, -0.1) is 0 Å². The first-order chi connectivity index (χ1) is 9.56. The smallest absolute Gasteiger partial charge is 0.335 e. The predicted octanol–water partition coefficient (Wildman–Crippen LogP) is 3.44. The number of ketones is 1. The number of carboxylic acid groups (broad SMARTS) is 1. The van der Waals surface area contributed by atoms with Gasteiger partial charge in [-0.2, -0.15) is 0 Å². The van der Waals surface area contributed by atoms with Gasteiger partial charge in [0, 0.05) is 15.7 Å². The Labute approximate surface area is 124 Å². The van der Waals surface area contributed by atoms with Crippen molar-refractivity contribution in [3.63, 3.8) is 0 Å². The molecule has 0 saturated heterocycles. The van der Waals surface area contributed by atoms with Gasteiger partial charge in [-0.1, -0.05) is 28.1 Å². The molecule has 0 bridgehead atoms. The second-order valence-corrected chi connectivity index (χ2v) is 5.08. The van der Waals surface area contributed by atoms with Gasteiger partial charge in [-0.25, -0.2) is 4.79 Å². The molecule has 0 heterocycles. The minimum Gasteiger partial charge on any atom is -0.478 e. The van der Waals surface area contributed by atoms with Crippen molar-refractivity contribution in [3.05, 3.63) is 64.1 Å². The number of Topliss-reactive ketones (excluding diaryl/α,β-unsaturated/α-hetero) is 1. The molecule has 0 saturated carbocycles. The van der Waals surface area contributed by atoms with E-state index < -0.39 is 5.97 Å². The topological polar surface area (TPSA) is 66.4 Å². The molecular formula is C15H12BrNO3. The summed E-state index contributed by atoms with van der Waals surface area (Å²) < 4.78 is 0.922. The normalized spacial score (nSPS) is 10.1. The van der Waals surface area contributed by atoms with Crippen molar-refractivity contribution in [2.45, 2.75) is 0 Å². The quantitative estimate of drug-likeness (QED) is 0.822. The standard InChI is InChI=1S/C15H12BrNO3/c16-12-5-1-10(2-6-12)14(18)9-17-13-7-3-11(4-8-13)15(19)20/h1-8,17H,9H2,(H,19,20). The molecule has 5 heteroatoms. The number of nitrogens with one attached hydrogen (secondary N) is 1. The lowest BCUT2D eigenvalue weighted by Gasteiger charge is -2.06. The Morgan fingerprint density at radius 3 is 2.05 bits per heavy atom. The average molecular weight is 334 g/mol. The molecule has 0 unspecified atom stereocenters. The molecule has 4 nitrogen and oxygen atoms in total. The summed E-state index contributed by atoms with van der Waals surface area (Å²) in [5.74, 6) is -0.998. The third-order valence-electron chi connectivity index (χ3n) is 2.75. The van der Waals surface area contributed by atoms with E-state index in [1.807, 2.05) is 12.1 Å². The number of halogens is 1. The summed E-state index contributed by atoms with van der Waals surface area (Å²) in [5, 5.41) is 11.8. The van der Waals surface area contributed by atoms with Crippen molar-refractivity contribution in [2.24, 2.45) is 0 Å². The van der Waals surface area contributed by atoms with Crippen LogP contribution in [0.25, 0.3) is 0 Å². The second-order valence-electron chi connectivity index (χ2n) is 4.17. The zero-order valence-electron chi connectivity index (χ0n) is 10.5. The van der Waals surface area contributed by atoms with Crippen LogP contribution >= 0.6 is 15.9 Å². The lowest BCUT2D eigenvalue weighted by molar-refractivity contribution is 0.0696. The summed E-state index contributed by atoms with van der Waals surface area (Å²) in [7, 11) is 0. The van der Waals surface area contributed by atoms with Gasteiger partial charge in [0.05, 0.1) is 12.1 Å². The Kier molecular flexibility index (Phi) is 4.53. The first kappa shape index (κ1) is 14.3. The fourth-order valence-electron chi connectivity index (χ4n) is 1.65. The van der Waals surface area contributed by atoms with Crippen LogP contribution in [0.3, 0.4) is 0 Å². The maximum atomic E-state index is 11.9. The van der Waals surface area contributed by atoms with E-state index in [0.29, 0.717) is 11.3 Å². The van der Waals surface area contributed by atoms with Gasteiger partial charge in [-0.05, 0) is 36.4 Å². The van der Waals surface area contributed by atoms with Crippen LogP contribution in [0.4, 0.5) is 5.69 Å². The number of aromatic carboxylic acids is 1. The molecular weight excluding hydrogens is 322 g/mol. The van der Waals surface area contributed by atoms with Gasteiger partial charge in [0.2, 0.25) is 0 Å². The molecule has 0 aromatic heterocycles. The highest BCUT2D eigenvalue weighted by atomic mass is 79.9. The van der Waals surface area contributed by atoms with Gasteiger partial charge in [-0.3, -0.25) is 4.79 Å². The highest BCUT2D eigenvalue weighted by Crippen LogP contribution is 2.12. The van der Waals surface area contributed by atoms with Crippen molar-refractivity contribution < 1.29 is 14.7 Å². The zero-order valence-corrected chi connectivity index (χ0v) is 12.1. The van der Waals surface area contributed by atoms with E-state index in [4.69, 9.17) is 5.11 Å². The fraction of sp³-hybridized carbons (Fsp3) is 0.0667. The van der Waals surface area contributed by atoms with Crippen molar-refractivity contribution in [3.8, 4) is 0 Å². The van der Waals surface area contributed by atoms with Crippen LogP contribution in [0.2, 0.25) is 0 Å². The molecule has 2 aromatic rings. The maximum Gasteiger partial charge on any atom is 0.335 e. The van der Waals surface area contributed by atoms with Gasteiger partial charge in [0.1, 0.15) is 0 Å². The van der Waals surface area contributed by atoms with Gasteiger partial charge >= 0.3 is 5.97 Å². The Bertz CT molecular complexity index is 621. The molecule has 0 spiro atoms. The van der Waals surface area contributed by atoms with E-state index in [-0.39, 0.29) is 17.9 Å². The number of hydrogen-bond donors (Lipinski definition) is 2. The highest BCUT2D eigenvalue weighted by molar-refractivity contribution is 9.10. The number of carbonyl (C=O) groups excluding carboxylic acids is 1. The van der Waals surface area contributed by atoms with Crippen LogP contribution in [0.15, 0.2) is 53.0 Å². The summed E-state index contributed by atoms with van der Waals surface area (Å²) in [6.45, 7) is 0.161. The lowest BCUT2D eigenvalue weighted by Crippen LogP contribution is -2.13. The first-order valence-corrected chi connectivity index (χ1v) is 6.71. The van der Waals surface area contributed by atoms with Crippen molar-refractivity contribution in [1.29, 1.82) is 0 Å². The molecule has 0 aliphatic heterocycles. The Hall–Kier alpha value is -2.14. The lowest BCUT2D eigenvalue weighted by atomic mass is 10.1. The van der Waals surface area contributed by atoms with Gasteiger partial charge in [0.15, 0.2) is 5.78 Å². The summed E-state index contributed by atoms with van der Waals surface area (Å²) in [5.41, 5.74) is 1.55. The van der Waals surface area contributed by atoms with Crippen molar-refractivity contribution >= 4 is 33.4 Å². The van der Waals surface area contributed by atoms with E-state index in [2.05, 4.69) is 21.2 Å². The molecule has 0 amide bonds.